The molecule has 0 spiro atoms. The van der Waals surface area contributed by atoms with Gasteiger partial charge < -0.3 is 43.2 Å². The lowest BCUT2D eigenvalue weighted by Gasteiger charge is -2.45. The Hall–Kier alpha value is -3.97. The minimum Gasteiger partial charge on any atom is -0.381 e. The standard InChI is InChI=1S/C69H103NO9/c1-4-5-6-7-8-9-10-11-12-13-14-28-42-64(75-51-60-36-22-16-23-37-60)68(77-53-62-40-26-18-27-41-62)63(70-66(71)43-29-19-31-46-72-47-32-30-33-58-44-48-73-49-45-58)54-78-69-57(3)56(2)67(76-52-61-38-24-17-25-39-61)65(79-69)55-74-50-59-34-20-15-21-35-59/h15-18,20-27,34-41,56-58,63-65,67-69H,4-14,19,28-33,42-55H2,1-3H3,(H,70,71)/t56?,57?,63-,64+,65?,67?,68-,69?/m0/s1. The van der Waals surface area contributed by atoms with Crippen molar-refractivity contribution < 1.29 is 42.7 Å². The molecule has 1 N–H and O–H groups in total. The van der Waals surface area contributed by atoms with Crippen LogP contribution in [0.3, 0.4) is 0 Å². The second-order valence-electron chi connectivity index (χ2n) is 22.8. The first-order valence-electron chi connectivity index (χ1n) is 31.3. The van der Waals surface area contributed by atoms with Gasteiger partial charge in [0, 0.05) is 38.8 Å². The van der Waals surface area contributed by atoms with E-state index in [1.165, 1.54) is 89.9 Å². The minimum absolute atomic E-state index is 0.0179. The predicted octanol–water partition coefficient (Wildman–Crippen LogP) is 15.7. The number of carbonyl (C=O) groups is 1. The molecule has 0 saturated carbocycles. The molecule has 10 heteroatoms. The van der Waals surface area contributed by atoms with Crippen molar-refractivity contribution >= 4 is 5.91 Å². The Morgan fingerprint density at radius 3 is 1.67 bits per heavy atom. The summed E-state index contributed by atoms with van der Waals surface area (Å²) in [5.41, 5.74) is 4.37. The fourth-order valence-electron chi connectivity index (χ4n) is 11.2. The molecule has 4 aromatic rings. The van der Waals surface area contributed by atoms with Crippen LogP contribution in [0.2, 0.25) is 0 Å². The first-order chi connectivity index (χ1) is 39.0. The summed E-state index contributed by atoms with van der Waals surface area (Å²) in [4.78, 5) is 14.4. The zero-order valence-corrected chi connectivity index (χ0v) is 49.0. The Morgan fingerprint density at radius 1 is 0.557 bits per heavy atom. The second-order valence-corrected chi connectivity index (χ2v) is 22.8. The SMILES string of the molecule is CCCCCCCCCCCCCC[C@@H](OCc1ccccc1)[C@@H](OCc1ccccc1)[C@H](COC1OC(COCc2ccccc2)C(OCc2ccccc2)C(C)C1C)NC(=O)CCCCCOCCCCC1CCOCC1. The van der Waals surface area contributed by atoms with Gasteiger partial charge in [0.15, 0.2) is 6.29 Å². The van der Waals surface area contributed by atoms with Crippen molar-refractivity contribution in [3.63, 3.8) is 0 Å². The molecule has 8 atom stereocenters. The van der Waals surface area contributed by atoms with E-state index in [9.17, 15) is 4.79 Å². The smallest absolute Gasteiger partial charge is 0.220 e. The van der Waals surface area contributed by atoms with Gasteiger partial charge in [-0.25, -0.2) is 0 Å². The third kappa shape index (κ3) is 26.2. The van der Waals surface area contributed by atoms with Gasteiger partial charge in [-0.1, -0.05) is 238 Å². The molecule has 2 aliphatic rings. The van der Waals surface area contributed by atoms with Gasteiger partial charge in [-0.2, -0.15) is 0 Å². The summed E-state index contributed by atoms with van der Waals surface area (Å²) < 4.78 is 52.8. The highest BCUT2D eigenvalue weighted by Crippen LogP contribution is 2.35. The van der Waals surface area contributed by atoms with Gasteiger partial charge in [-0.05, 0) is 72.6 Å². The zero-order valence-electron chi connectivity index (χ0n) is 49.0. The minimum atomic E-state index is -0.590. The lowest BCUT2D eigenvalue weighted by molar-refractivity contribution is -0.283. The summed E-state index contributed by atoms with van der Waals surface area (Å²) in [7, 11) is 0. The summed E-state index contributed by atoms with van der Waals surface area (Å²) in [6.45, 7) is 12.3. The van der Waals surface area contributed by atoms with Crippen molar-refractivity contribution in [2.45, 2.75) is 225 Å². The molecule has 0 aliphatic carbocycles. The van der Waals surface area contributed by atoms with Crippen LogP contribution >= 0.6 is 0 Å². The van der Waals surface area contributed by atoms with Crippen molar-refractivity contribution in [2.24, 2.45) is 17.8 Å². The molecule has 6 rings (SSSR count). The highest BCUT2D eigenvalue weighted by atomic mass is 16.7. The average Bonchev–Trinajstić information content (AvgIpc) is 3.51. The molecule has 0 bridgehead atoms. The Bertz CT molecular complexity index is 2070. The van der Waals surface area contributed by atoms with Crippen LogP contribution < -0.4 is 5.32 Å². The molecule has 0 radical (unpaired) electrons. The molecular weight excluding hydrogens is 987 g/mol. The van der Waals surface area contributed by atoms with E-state index < -0.39 is 24.5 Å². The van der Waals surface area contributed by atoms with Gasteiger partial charge in [-0.15, -0.1) is 0 Å². The van der Waals surface area contributed by atoms with Crippen molar-refractivity contribution in [1.29, 1.82) is 0 Å². The Labute approximate surface area is 478 Å². The van der Waals surface area contributed by atoms with Crippen LogP contribution in [0.4, 0.5) is 0 Å². The van der Waals surface area contributed by atoms with Crippen molar-refractivity contribution in [3.05, 3.63) is 144 Å². The van der Waals surface area contributed by atoms with Crippen molar-refractivity contribution in [2.75, 3.05) is 39.6 Å². The maximum absolute atomic E-state index is 14.4. The number of amides is 1. The van der Waals surface area contributed by atoms with Crippen LogP contribution in [0.15, 0.2) is 121 Å². The van der Waals surface area contributed by atoms with E-state index >= 15 is 0 Å². The quantitative estimate of drug-likeness (QED) is 0.0434. The van der Waals surface area contributed by atoms with E-state index in [2.05, 4.69) is 86.8 Å². The molecule has 438 valence electrons. The van der Waals surface area contributed by atoms with Gasteiger partial charge in [-0.3, -0.25) is 4.79 Å². The third-order valence-electron chi connectivity index (χ3n) is 16.3. The van der Waals surface area contributed by atoms with Crippen molar-refractivity contribution in [1.82, 2.24) is 5.32 Å². The summed E-state index contributed by atoms with van der Waals surface area (Å²) in [6.07, 6.45) is 23.0. The molecule has 2 aliphatic heterocycles. The number of ether oxygens (including phenoxy) is 8. The van der Waals surface area contributed by atoms with E-state index in [4.69, 9.17) is 37.9 Å². The molecule has 0 aromatic heterocycles. The number of rotatable bonds is 43. The van der Waals surface area contributed by atoms with Crippen LogP contribution in [0.25, 0.3) is 0 Å². The highest BCUT2D eigenvalue weighted by molar-refractivity contribution is 5.76. The number of benzene rings is 4. The zero-order chi connectivity index (χ0) is 55.2. The van der Waals surface area contributed by atoms with Crippen LogP contribution in [-0.4, -0.2) is 82.3 Å². The summed E-state index contributed by atoms with van der Waals surface area (Å²) in [6, 6.07) is 40.7. The molecule has 2 fully saturated rings. The number of carbonyl (C=O) groups excluding carboxylic acids is 1. The van der Waals surface area contributed by atoms with Crippen LogP contribution in [-0.2, 0) is 69.1 Å². The van der Waals surface area contributed by atoms with Gasteiger partial charge >= 0.3 is 0 Å². The Kier molecular flexibility index (Phi) is 32.7. The van der Waals surface area contributed by atoms with Crippen molar-refractivity contribution in [3.8, 4) is 0 Å². The first-order valence-corrected chi connectivity index (χ1v) is 31.3. The monoisotopic (exact) mass is 1090 g/mol. The normalized spacial score (nSPS) is 20.0. The molecular formula is C69H103NO9. The number of hydrogen-bond donors (Lipinski definition) is 1. The number of hydrogen-bond acceptors (Lipinski definition) is 9. The summed E-state index contributed by atoms with van der Waals surface area (Å²) >= 11 is 0. The predicted molar refractivity (Wildman–Crippen MR) is 318 cm³/mol. The molecule has 1 amide bonds. The highest BCUT2D eigenvalue weighted by Gasteiger charge is 2.44. The molecule has 2 saturated heterocycles. The first kappa shape index (κ1) is 64.2. The molecule has 79 heavy (non-hydrogen) atoms. The van der Waals surface area contributed by atoms with Gasteiger partial charge in [0.25, 0.3) is 0 Å². The molecule has 4 aromatic carbocycles. The van der Waals surface area contributed by atoms with Crippen LogP contribution in [0.5, 0.6) is 0 Å². The summed E-state index contributed by atoms with van der Waals surface area (Å²) in [5.74, 6) is 0.819. The molecule has 10 nitrogen and oxygen atoms in total. The molecule has 5 unspecified atom stereocenters. The topological polar surface area (TPSA) is 103 Å². The van der Waals surface area contributed by atoms with E-state index in [1.54, 1.807) is 0 Å². The van der Waals surface area contributed by atoms with E-state index in [0.29, 0.717) is 39.5 Å². The summed E-state index contributed by atoms with van der Waals surface area (Å²) in [5, 5.41) is 3.49. The largest absolute Gasteiger partial charge is 0.381 e. The van der Waals surface area contributed by atoms with Crippen LogP contribution in [0, 0.1) is 17.8 Å². The Morgan fingerprint density at radius 2 is 1.08 bits per heavy atom. The lowest BCUT2D eigenvalue weighted by Crippen LogP contribution is -2.56. The fourth-order valence-corrected chi connectivity index (χ4v) is 11.2. The maximum Gasteiger partial charge on any atom is 0.220 e. The number of unbranched alkanes of at least 4 members (excludes halogenated alkanes) is 14. The third-order valence-corrected chi connectivity index (χ3v) is 16.3. The van der Waals surface area contributed by atoms with E-state index in [0.717, 1.165) is 99.5 Å². The van der Waals surface area contributed by atoms with Crippen LogP contribution in [0.1, 0.15) is 184 Å². The lowest BCUT2D eigenvalue weighted by atomic mass is 9.84. The van der Waals surface area contributed by atoms with E-state index in [-0.39, 0.29) is 36.6 Å². The fraction of sp³-hybridized carbons (Fsp3) is 0.638. The van der Waals surface area contributed by atoms with E-state index in [1.807, 2.05) is 60.7 Å². The Balaban J connectivity index is 1.15. The van der Waals surface area contributed by atoms with Gasteiger partial charge in [0.2, 0.25) is 5.91 Å². The van der Waals surface area contributed by atoms with Gasteiger partial charge in [0.05, 0.1) is 57.9 Å². The van der Waals surface area contributed by atoms with Gasteiger partial charge in [0.1, 0.15) is 12.2 Å². The molecule has 2 heterocycles. The average molecular weight is 1090 g/mol. The second kappa shape index (κ2) is 40.3. The number of nitrogens with one attached hydrogen (secondary N) is 1. The maximum atomic E-state index is 14.4.